The van der Waals surface area contributed by atoms with Crippen molar-refractivity contribution in [2.75, 3.05) is 20.8 Å². The number of allylic oxidation sites excluding steroid dienone is 1. The Morgan fingerprint density at radius 1 is 1.25 bits per heavy atom. The summed E-state index contributed by atoms with van der Waals surface area (Å²) in [6.07, 6.45) is 3.65. The van der Waals surface area contributed by atoms with Gasteiger partial charge in [-0.1, -0.05) is 18.2 Å². The van der Waals surface area contributed by atoms with Crippen molar-refractivity contribution in [3.8, 4) is 5.75 Å². The molecule has 3 atom stereocenters. The van der Waals surface area contributed by atoms with Crippen molar-refractivity contribution in [2.24, 2.45) is 5.92 Å². The number of esters is 1. The number of phenols is 1. The highest BCUT2D eigenvalue weighted by Gasteiger charge is 2.39. The topological polar surface area (TPSA) is 65.0 Å². The Labute approximate surface area is 143 Å². The van der Waals surface area contributed by atoms with Crippen molar-refractivity contribution >= 4 is 5.97 Å². The van der Waals surface area contributed by atoms with Crippen molar-refractivity contribution in [3.05, 3.63) is 41.5 Å². The van der Waals surface area contributed by atoms with Gasteiger partial charge in [-0.3, -0.25) is 4.79 Å². The molecule has 0 aromatic heterocycles. The molecule has 132 valence electrons. The average Bonchev–Trinajstić information content (AvgIpc) is 2.93. The van der Waals surface area contributed by atoms with Gasteiger partial charge in [-0.2, -0.15) is 0 Å². The van der Waals surface area contributed by atoms with Gasteiger partial charge < -0.3 is 19.3 Å². The van der Waals surface area contributed by atoms with Crippen molar-refractivity contribution in [1.29, 1.82) is 0 Å². The summed E-state index contributed by atoms with van der Waals surface area (Å²) in [5.74, 6) is 0.132. The molecular weight excluding hydrogens is 308 g/mol. The van der Waals surface area contributed by atoms with E-state index in [0.717, 1.165) is 17.6 Å². The Hall–Kier alpha value is -1.85. The van der Waals surface area contributed by atoms with Crippen LogP contribution in [-0.2, 0) is 25.4 Å². The molecule has 0 bridgehead atoms. The monoisotopic (exact) mass is 334 g/mol. The fourth-order valence-electron chi connectivity index (χ4n) is 3.30. The zero-order chi connectivity index (χ0) is 17.5. The molecule has 1 aliphatic carbocycles. The minimum Gasteiger partial charge on any atom is -0.508 e. The normalized spacial score (nSPS) is 25.1. The number of carbonyl (C=O) groups excluding carboxylic acids is 1. The van der Waals surface area contributed by atoms with Crippen molar-refractivity contribution < 1.29 is 24.1 Å². The third kappa shape index (κ3) is 4.58. The zero-order valence-corrected chi connectivity index (χ0v) is 14.5. The number of ether oxygens (including phenoxy) is 3. The van der Waals surface area contributed by atoms with E-state index < -0.39 is 0 Å². The SMILES string of the molecule is C/C=C1\[C@H](CC(=O)OCCc2ccc(O)cc2)C[C@@H](OC)[C@H]1OC. The van der Waals surface area contributed by atoms with E-state index in [1.165, 1.54) is 0 Å². The highest BCUT2D eigenvalue weighted by molar-refractivity contribution is 5.70. The molecular formula is C19H26O5. The summed E-state index contributed by atoms with van der Waals surface area (Å²) in [7, 11) is 3.33. The molecule has 0 amide bonds. The second-order valence-corrected chi connectivity index (χ2v) is 5.99. The first kappa shape index (κ1) is 18.5. The lowest BCUT2D eigenvalue weighted by molar-refractivity contribution is -0.144. The maximum atomic E-state index is 12.1. The van der Waals surface area contributed by atoms with Crippen LogP contribution in [0.3, 0.4) is 0 Å². The molecule has 5 nitrogen and oxygen atoms in total. The number of methoxy groups -OCH3 is 2. The van der Waals surface area contributed by atoms with Gasteiger partial charge in [-0.15, -0.1) is 0 Å². The van der Waals surface area contributed by atoms with Crippen LogP contribution in [0.25, 0.3) is 0 Å². The van der Waals surface area contributed by atoms with Gasteiger partial charge in [0.2, 0.25) is 0 Å². The van der Waals surface area contributed by atoms with Crippen LogP contribution in [0.4, 0.5) is 0 Å². The van der Waals surface area contributed by atoms with E-state index in [0.29, 0.717) is 19.4 Å². The molecule has 1 aromatic rings. The lowest BCUT2D eigenvalue weighted by Gasteiger charge is -2.17. The predicted octanol–water partition coefficient (Wildman–Crippen LogP) is 2.86. The molecule has 5 heteroatoms. The van der Waals surface area contributed by atoms with Crippen LogP contribution in [0.5, 0.6) is 5.75 Å². The fourth-order valence-corrected chi connectivity index (χ4v) is 3.30. The highest BCUT2D eigenvalue weighted by Crippen LogP contribution is 2.37. The van der Waals surface area contributed by atoms with Gasteiger partial charge in [-0.25, -0.2) is 0 Å². The van der Waals surface area contributed by atoms with E-state index in [4.69, 9.17) is 14.2 Å². The largest absolute Gasteiger partial charge is 0.508 e. The molecule has 24 heavy (non-hydrogen) atoms. The summed E-state index contributed by atoms with van der Waals surface area (Å²) >= 11 is 0. The Bertz CT molecular complexity index is 564. The molecule has 0 saturated heterocycles. The summed E-state index contributed by atoms with van der Waals surface area (Å²) in [5.41, 5.74) is 2.13. The van der Waals surface area contributed by atoms with Gasteiger partial charge in [0.1, 0.15) is 11.9 Å². The van der Waals surface area contributed by atoms with E-state index >= 15 is 0 Å². The number of hydrogen-bond donors (Lipinski definition) is 1. The van der Waals surface area contributed by atoms with E-state index in [1.54, 1.807) is 26.4 Å². The summed E-state index contributed by atoms with van der Waals surface area (Å²) in [6, 6.07) is 6.91. The molecule has 1 saturated carbocycles. The molecule has 0 unspecified atom stereocenters. The molecule has 1 N–H and O–H groups in total. The molecule has 1 fully saturated rings. The van der Waals surface area contributed by atoms with Gasteiger partial charge in [0.25, 0.3) is 0 Å². The fraction of sp³-hybridized carbons (Fsp3) is 0.526. The minimum atomic E-state index is -0.204. The number of aromatic hydroxyl groups is 1. The Kier molecular flexibility index (Phi) is 6.82. The zero-order valence-electron chi connectivity index (χ0n) is 14.5. The Morgan fingerprint density at radius 3 is 2.54 bits per heavy atom. The van der Waals surface area contributed by atoms with E-state index in [9.17, 15) is 9.90 Å². The third-order valence-electron chi connectivity index (χ3n) is 4.55. The first-order chi connectivity index (χ1) is 11.6. The second kappa shape index (κ2) is 8.85. The van der Waals surface area contributed by atoms with Crippen LogP contribution in [0.15, 0.2) is 35.9 Å². The van der Waals surface area contributed by atoms with Crippen LogP contribution in [0.2, 0.25) is 0 Å². The van der Waals surface area contributed by atoms with Gasteiger partial charge >= 0.3 is 5.97 Å². The summed E-state index contributed by atoms with van der Waals surface area (Å²) < 4.78 is 16.3. The number of hydrogen-bond acceptors (Lipinski definition) is 5. The molecule has 0 radical (unpaired) electrons. The maximum Gasteiger partial charge on any atom is 0.306 e. The number of carbonyl (C=O) groups is 1. The average molecular weight is 334 g/mol. The van der Waals surface area contributed by atoms with Crippen molar-refractivity contribution in [1.82, 2.24) is 0 Å². The number of rotatable bonds is 7. The van der Waals surface area contributed by atoms with Crippen LogP contribution in [0, 0.1) is 5.92 Å². The smallest absolute Gasteiger partial charge is 0.306 e. The quantitative estimate of drug-likeness (QED) is 0.613. The Morgan fingerprint density at radius 2 is 1.96 bits per heavy atom. The highest BCUT2D eigenvalue weighted by atomic mass is 16.5. The lowest BCUT2D eigenvalue weighted by atomic mass is 9.98. The van der Waals surface area contributed by atoms with Gasteiger partial charge in [0.05, 0.1) is 19.1 Å². The van der Waals surface area contributed by atoms with E-state index in [2.05, 4.69) is 0 Å². The standard InChI is InChI=1S/C19H26O5/c1-4-16-14(11-17(22-2)19(16)23-3)12-18(21)24-10-9-13-5-7-15(20)8-6-13/h4-8,14,17,19-20H,9-12H2,1-3H3/b16-4+/t14-,17+,19-/m0/s1. The molecule has 1 aromatic carbocycles. The summed E-state index contributed by atoms with van der Waals surface area (Å²) in [5, 5.41) is 9.25. The van der Waals surface area contributed by atoms with Gasteiger partial charge in [0, 0.05) is 20.6 Å². The van der Waals surface area contributed by atoms with Gasteiger partial charge in [-0.05, 0) is 42.5 Å². The maximum absolute atomic E-state index is 12.1. The van der Waals surface area contributed by atoms with Crippen LogP contribution >= 0.6 is 0 Å². The molecule has 1 aliphatic rings. The number of benzene rings is 1. The first-order valence-corrected chi connectivity index (χ1v) is 8.24. The molecule has 2 rings (SSSR count). The summed E-state index contributed by atoms with van der Waals surface area (Å²) in [6.45, 7) is 2.30. The van der Waals surface area contributed by atoms with Crippen molar-refractivity contribution in [3.63, 3.8) is 0 Å². The summed E-state index contributed by atoms with van der Waals surface area (Å²) in [4.78, 5) is 12.1. The minimum absolute atomic E-state index is 0.0176. The van der Waals surface area contributed by atoms with Gasteiger partial charge in [0.15, 0.2) is 0 Å². The van der Waals surface area contributed by atoms with Crippen LogP contribution < -0.4 is 0 Å². The van der Waals surface area contributed by atoms with Crippen molar-refractivity contribution in [2.45, 2.75) is 38.4 Å². The molecule has 0 spiro atoms. The molecule has 0 heterocycles. The molecule has 0 aliphatic heterocycles. The third-order valence-corrected chi connectivity index (χ3v) is 4.55. The van der Waals surface area contributed by atoms with E-state index in [1.807, 2.05) is 25.1 Å². The van der Waals surface area contributed by atoms with Crippen LogP contribution in [0.1, 0.15) is 25.3 Å². The predicted molar refractivity (Wildman–Crippen MR) is 90.8 cm³/mol. The number of phenolic OH excluding ortho intramolecular Hbond substituents is 1. The van der Waals surface area contributed by atoms with Crippen LogP contribution in [-0.4, -0.2) is 44.1 Å². The van der Waals surface area contributed by atoms with E-state index in [-0.39, 0.29) is 29.8 Å². The lowest BCUT2D eigenvalue weighted by Crippen LogP contribution is -2.24. The first-order valence-electron chi connectivity index (χ1n) is 8.24. The Balaban J connectivity index is 1.82. The second-order valence-electron chi connectivity index (χ2n) is 5.99.